The molecule has 1 aliphatic carbocycles. The highest BCUT2D eigenvalue weighted by Crippen LogP contribution is 2.37. The summed E-state index contributed by atoms with van der Waals surface area (Å²) in [5.74, 6) is 0.400. The topological polar surface area (TPSA) is 15.6 Å². The minimum atomic E-state index is -4.23. The molecular weight excluding hydrogens is 253 g/mol. The molecule has 5 heteroatoms. The Hall–Kier alpha value is -1.78. The van der Waals surface area contributed by atoms with Gasteiger partial charge in [-0.3, -0.25) is 4.99 Å². The van der Waals surface area contributed by atoms with E-state index in [1.807, 2.05) is 12.1 Å². The Kier molecular flexibility index (Phi) is 2.84. The summed E-state index contributed by atoms with van der Waals surface area (Å²) in [6.45, 7) is -0.992. The zero-order chi connectivity index (χ0) is 13.5. The van der Waals surface area contributed by atoms with Crippen LogP contribution in [-0.4, -0.2) is 18.4 Å². The van der Waals surface area contributed by atoms with Crippen molar-refractivity contribution in [2.24, 2.45) is 10.9 Å². The van der Waals surface area contributed by atoms with Gasteiger partial charge >= 0.3 is 6.18 Å². The fraction of sp³-hybridized carbons (Fsp3) is 0.357. The van der Waals surface area contributed by atoms with Crippen LogP contribution in [0.2, 0.25) is 0 Å². The van der Waals surface area contributed by atoms with Crippen molar-refractivity contribution in [3.8, 4) is 0 Å². The molecule has 0 amide bonds. The van der Waals surface area contributed by atoms with Gasteiger partial charge in [-0.15, -0.1) is 0 Å². The van der Waals surface area contributed by atoms with Gasteiger partial charge in [0, 0.05) is 23.9 Å². The smallest absolute Gasteiger partial charge is 0.337 e. The fourth-order valence-corrected chi connectivity index (χ4v) is 2.30. The molecule has 0 aromatic heterocycles. The lowest BCUT2D eigenvalue weighted by molar-refractivity contribution is -0.118. The van der Waals surface area contributed by atoms with Gasteiger partial charge in [-0.25, -0.2) is 0 Å². The zero-order valence-corrected chi connectivity index (χ0v) is 10.2. The molecule has 0 spiro atoms. The Labute approximate surface area is 109 Å². The van der Waals surface area contributed by atoms with Crippen LogP contribution in [0.15, 0.2) is 41.7 Å². The minimum absolute atomic E-state index is 0.400. The van der Waals surface area contributed by atoms with Gasteiger partial charge in [0.1, 0.15) is 6.54 Å². The molecule has 1 aromatic carbocycles. The molecule has 0 radical (unpaired) electrons. The Bertz CT molecular complexity index is 542. The number of alkyl halides is 3. The lowest BCUT2D eigenvalue weighted by Crippen LogP contribution is -2.30. The second kappa shape index (κ2) is 4.40. The molecule has 2 aliphatic rings. The second-order valence-electron chi connectivity index (χ2n) is 4.85. The molecule has 3 rings (SSSR count). The first-order chi connectivity index (χ1) is 9.04. The SMILES string of the molecule is FC(F)(F)CN1C=CN=C(C2CC2)c2ccccc21. The normalized spacial score (nSPS) is 18.9. The summed E-state index contributed by atoms with van der Waals surface area (Å²) < 4.78 is 37.9. The maximum absolute atomic E-state index is 12.6. The molecule has 1 aliphatic heterocycles. The summed E-state index contributed by atoms with van der Waals surface area (Å²) in [6.07, 6.45) is 0.781. The van der Waals surface area contributed by atoms with Crippen LogP contribution in [0.3, 0.4) is 0 Å². The largest absolute Gasteiger partial charge is 0.406 e. The molecule has 1 fully saturated rings. The molecule has 0 atom stereocenters. The van der Waals surface area contributed by atoms with E-state index in [-0.39, 0.29) is 0 Å². The first kappa shape index (κ1) is 12.3. The summed E-state index contributed by atoms with van der Waals surface area (Å²) >= 11 is 0. The van der Waals surface area contributed by atoms with Crippen molar-refractivity contribution < 1.29 is 13.2 Å². The third-order valence-electron chi connectivity index (χ3n) is 3.26. The minimum Gasteiger partial charge on any atom is -0.337 e. The lowest BCUT2D eigenvalue weighted by atomic mass is 10.0. The first-order valence-electron chi connectivity index (χ1n) is 6.22. The standard InChI is InChI=1S/C14H13F3N2/c15-14(16,17)9-19-8-7-18-13(10-5-6-10)11-3-1-2-4-12(11)19/h1-4,7-8,10H,5-6,9H2. The Morgan fingerprint density at radius 1 is 1.21 bits per heavy atom. The van der Waals surface area contributed by atoms with Crippen LogP contribution in [-0.2, 0) is 0 Å². The van der Waals surface area contributed by atoms with Crippen molar-refractivity contribution in [1.82, 2.24) is 0 Å². The van der Waals surface area contributed by atoms with E-state index in [0.717, 1.165) is 24.1 Å². The molecule has 19 heavy (non-hydrogen) atoms. The van der Waals surface area contributed by atoms with Crippen molar-refractivity contribution in [3.63, 3.8) is 0 Å². The fourth-order valence-electron chi connectivity index (χ4n) is 2.30. The maximum atomic E-state index is 12.6. The van der Waals surface area contributed by atoms with E-state index in [1.165, 1.54) is 17.3 Å². The van der Waals surface area contributed by atoms with Gasteiger partial charge in [0.25, 0.3) is 0 Å². The third-order valence-corrected chi connectivity index (χ3v) is 3.26. The van der Waals surface area contributed by atoms with Crippen LogP contribution in [0, 0.1) is 5.92 Å². The predicted octanol–water partition coefficient (Wildman–Crippen LogP) is 3.74. The molecule has 2 nitrogen and oxygen atoms in total. The Morgan fingerprint density at radius 2 is 1.95 bits per heavy atom. The molecule has 1 aromatic rings. The number of halogens is 3. The summed E-state index contributed by atoms with van der Waals surface area (Å²) in [4.78, 5) is 5.55. The van der Waals surface area contributed by atoms with Gasteiger partial charge in [-0.05, 0) is 18.9 Å². The van der Waals surface area contributed by atoms with Gasteiger partial charge in [0.05, 0.1) is 11.4 Å². The molecule has 100 valence electrons. The van der Waals surface area contributed by atoms with Gasteiger partial charge in [0.2, 0.25) is 0 Å². The average Bonchev–Trinajstić information content (AvgIpc) is 3.15. The van der Waals surface area contributed by atoms with E-state index >= 15 is 0 Å². The Morgan fingerprint density at radius 3 is 2.63 bits per heavy atom. The number of hydrogen-bond acceptors (Lipinski definition) is 2. The molecule has 1 heterocycles. The van der Waals surface area contributed by atoms with E-state index in [2.05, 4.69) is 4.99 Å². The highest BCUT2D eigenvalue weighted by Gasteiger charge is 2.34. The maximum Gasteiger partial charge on any atom is 0.406 e. The van der Waals surface area contributed by atoms with Crippen LogP contribution in [0.5, 0.6) is 0 Å². The van der Waals surface area contributed by atoms with Crippen molar-refractivity contribution in [2.75, 3.05) is 11.4 Å². The molecule has 0 saturated heterocycles. The van der Waals surface area contributed by atoms with Crippen LogP contribution in [0.4, 0.5) is 18.9 Å². The average molecular weight is 266 g/mol. The van der Waals surface area contributed by atoms with Crippen molar-refractivity contribution in [2.45, 2.75) is 19.0 Å². The van der Waals surface area contributed by atoms with Gasteiger partial charge < -0.3 is 4.90 Å². The van der Waals surface area contributed by atoms with Gasteiger partial charge in [-0.1, -0.05) is 18.2 Å². The highest BCUT2D eigenvalue weighted by molar-refractivity contribution is 6.08. The zero-order valence-electron chi connectivity index (χ0n) is 10.2. The van der Waals surface area contributed by atoms with Crippen molar-refractivity contribution >= 4 is 11.4 Å². The summed E-state index contributed by atoms with van der Waals surface area (Å²) in [7, 11) is 0. The number of hydrogen-bond donors (Lipinski definition) is 0. The molecule has 0 bridgehead atoms. The van der Waals surface area contributed by atoms with Crippen LogP contribution >= 0.6 is 0 Å². The highest BCUT2D eigenvalue weighted by atomic mass is 19.4. The van der Waals surface area contributed by atoms with Crippen molar-refractivity contribution in [3.05, 3.63) is 42.2 Å². The lowest BCUT2D eigenvalue weighted by Gasteiger charge is -2.23. The van der Waals surface area contributed by atoms with Crippen LogP contribution in [0.25, 0.3) is 0 Å². The quantitative estimate of drug-likeness (QED) is 0.796. The van der Waals surface area contributed by atoms with E-state index in [4.69, 9.17) is 0 Å². The first-order valence-corrected chi connectivity index (χ1v) is 6.22. The molecular formula is C14H13F3N2. The predicted molar refractivity (Wildman–Crippen MR) is 68.2 cm³/mol. The Balaban J connectivity index is 2.00. The number of aliphatic imine (C=N–C) groups is 1. The molecule has 0 N–H and O–H groups in total. The van der Waals surface area contributed by atoms with E-state index in [1.54, 1.807) is 12.1 Å². The summed E-state index contributed by atoms with van der Waals surface area (Å²) in [6, 6.07) is 7.16. The summed E-state index contributed by atoms with van der Waals surface area (Å²) in [5, 5.41) is 0. The molecule has 1 saturated carbocycles. The third kappa shape index (κ3) is 2.64. The summed E-state index contributed by atoms with van der Waals surface area (Å²) in [5.41, 5.74) is 2.31. The van der Waals surface area contributed by atoms with Gasteiger partial charge in [0.15, 0.2) is 0 Å². The van der Waals surface area contributed by atoms with Gasteiger partial charge in [-0.2, -0.15) is 13.2 Å². The number of benzene rings is 1. The van der Waals surface area contributed by atoms with E-state index in [0.29, 0.717) is 11.6 Å². The number of anilines is 1. The number of fused-ring (bicyclic) bond motifs is 1. The number of para-hydroxylation sites is 1. The second-order valence-corrected chi connectivity index (χ2v) is 4.85. The van der Waals surface area contributed by atoms with Crippen LogP contribution < -0.4 is 4.90 Å². The van der Waals surface area contributed by atoms with Crippen LogP contribution in [0.1, 0.15) is 18.4 Å². The van der Waals surface area contributed by atoms with E-state index in [9.17, 15) is 13.2 Å². The number of rotatable bonds is 2. The van der Waals surface area contributed by atoms with Crippen molar-refractivity contribution in [1.29, 1.82) is 0 Å². The molecule has 0 unspecified atom stereocenters. The van der Waals surface area contributed by atoms with E-state index < -0.39 is 12.7 Å². The number of nitrogens with zero attached hydrogens (tertiary/aromatic N) is 2. The monoisotopic (exact) mass is 266 g/mol.